The van der Waals surface area contributed by atoms with Crippen molar-refractivity contribution in [3.05, 3.63) is 95.6 Å². The Labute approximate surface area is 245 Å². The predicted molar refractivity (Wildman–Crippen MR) is 155 cm³/mol. The van der Waals surface area contributed by atoms with Crippen molar-refractivity contribution in [2.75, 3.05) is 0 Å². The van der Waals surface area contributed by atoms with E-state index in [0.29, 0.717) is 0 Å². The molecule has 0 saturated carbocycles. The van der Waals surface area contributed by atoms with Crippen molar-refractivity contribution in [1.82, 2.24) is 0 Å². The van der Waals surface area contributed by atoms with E-state index in [4.69, 9.17) is 24.3 Å². The minimum atomic E-state index is -0.972. The summed E-state index contributed by atoms with van der Waals surface area (Å²) in [4.78, 5) is 61.7. The molecule has 11 heteroatoms. The summed E-state index contributed by atoms with van der Waals surface area (Å²) in [6.45, 7) is 2.12. The summed E-state index contributed by atoms with van der Waals surface area (Å²) in [7, 11) is 0. The summed E-state index contributed by atoms with van der Waals surface area (Å²) in [5.74, 6) is -1.85. The molecular weight excluding hydrogens is 585 g/mol. The van der Waals surface area contributed by atoms with Gasteiger partial charge in [0.15, 0.2) is 0 Å². The topological polar surface area (TPSA) is 143 Å². The molecule has 5 aromatic rings. The molecular formula is C30H20O8S3. The zero-order valence-corrected chi connectivity index (χ0v) is 23.7. The maximum atomic E-state index is 11.6. The molecule has 2 aromatic carbocycles. The van der Waals surface area contributed by atoms with Gasteiger partial charge in [0, 0.05) is 29.3 Å². The van der Waals surface area contributed by atoms with Crippen LogP contribution in [-0.2, 0) is 30.4 Å². The van der Waals surface area contributed by atoms with Crippen LogP contribution in [0.5, 0.6) is 0 Å². The first-order chi connectivity index (χ1) is 19.7. The van der Waals surface area contributed by atoms with Gasteiger partial charge in [-0.1, -0.05) is 42.5 Å². The molecule has 0 unspecified atom stereocenters. The molecule has 0 aliphatic heterocycles. The molecule has 0 aliphatic carbocycles. The monoisotopic (exact) mass is 604 g/mol. The van der Waals surface area contributed by atoms with E-state index in [-0.39, 0.29) is 24.3 Å². The average molecular weight is 605 g/mol. The molecule has 0 radical (unpaired) electrons. The van der Waals surface area contributed by atoms with E-state index in [2.05, 4.69) is 37.3 Å². The number of carbonyl (C=O) groups excluding carboxylic acids is 4. The number of rotatable bonds is 7. The number of aliphatic carboxylic acids is 1. The van der Waals surface area contributed by atoms with Crippen LogP contribution in [0.3, 0.4) is 0 Å². The fourth-order valence-electron chi connectivity index (χ4n) is 3.90. The maximum Gasteiger partial charge on any atom is 0.373 e. The quantitative estimate of drug-likeness (QED) is 0.202. The van der Waals surface area contributed by atoms with Gasteiger partial charge in [-0.05, 0) is 65.6 Å². The van der Waals surface area contributed by atoms with Crippen molar-refractivity contribution in [2.24, 2.45) is 0 Å². The van der Waals surface area contributed by atoms with Crippen LogP contribution in [-0.4, -0.2) is 34.5 Å². The number of thiophene rings is 3. The highest BCUT2D eigenvalue weighted by molar-refractivity contribution is 7.28. The first-order valence-electron chi connectivity index (χ1n) is 11.7. The summed E-state index contributed by atoms with van der Waals surface area (Å²) in [5.41, 5.74) is 4.28. The third-order valence-electron chi connectivity index (χ3n) is 5.60. The lowest BCUT2D eigenvalue weighted by Gasteiger charge is -1.99. The fourth-order valence-corrected chi connectivity index (χ4v) is 7.59. The highest BCUT2D eigenvalue weighted by atomic mass is 32.1. The summed E-state index contributed by atoms with van der Waals surface area (Å²) in [6, 6.07) is 25.3. The Kier molecular flexibility index (Phi) is 10.9. The number of benzene rings is 2. The van der Waals surface area contributed by atoms with Crippen molar-refractivity contribution in [3.63, 3.8) is 0 Å². The summed E-state index contributed by atoms with van der Waals surface area (Å²) in [5, 5.41) is 18.7. The van der Waals surface area contributed by atoms with Crippen LogP contribution in [0.25, 0.3) is 40.4 Å². The van der Waals surface area contributed by atoms with Crippen LogP contribution in [0.4, 0.5) is 0 Å². The molecule has 0 spiro atoms. The Morgan fingerprint density at radius 3 is 1.73 bits per heavy atom. The number of aryl methyl sites for hydroxylation is 1. The van der Waals surface area contributed by atoms with Crippen LogP contribution in [0.15, 0.2) is 78.9 Å². The second kappa shape index (κ2) is 14.6. The fraction of sp³-hybridized carbons (Fsp3) is 0.0667. The van der Waals surface area contributed by atoms with Crippen LogP contribution < -0.4 is 0 Å². The van der Waals surface area contributed by atoms with E-state index < -0.39 is 11.9 Å². The van der Waals surface area contributed by atoms with Gasteiger partial charge in [0.2, 0.25) is 0 Å². The van der Waals surface area contributed by atoms with Gasteiger partial charge in [-0.3, -0.25) is 4.79 Å². The zero-order chi connectivity index (χ0) is 29.9. The van der Waals surface area contributed by atoms with Gasteiger partial charge in [0.05, 0.1) is 12.0 Å². The van der Waals surface area contributed by atoms with E-state index >= 15 is 0 Å². The first kappa shape index (κ1) is 30.8. The molecule has 2 N–H and O–H groups in total. The average Bonchev–Trinajstić information content (AvgIpc) is 3.68. The normalized spacial score (nSPS) is 9.78. The molecule has 3 heterocycles. The Morgan fingerprint density at radius 2 is 1.17 bits per heavy atom. The Bertz CT molecular complexity index is 1700. The Hall–Kier alpha value is -4.76. The minimum Gasteiger partial charge on any atom is -0.481 e. The molecule has 8 nitrogen and oxygen atoms in total. The third kappa shape index (κ3) is 7.89. The zero-order valence-electron chi connectivity index (χ0n) is 21.3. The predicted octanol–water partition coefficient (Wildman–Crippen LogP) is 7.01. The highest BCUT2D eigenvalue weighted by Gasteiger charge is 2.18. The molecule has 0 atom stereocenters. The molecule has 0 aliphatic rings. The van der Waals surface area contributed by atoms with Crippen molar-refractivity contribution < 1.29 is 39.0 Å². The smallest absolute Gasteiger partial charge is 0.373 e. The highest BCUT2D eigenvalue weighted by Crippen LogP contribution is 2.46. The number of carbonyl (C=O) groups is 2. The first-order valence-corrected chi connectivity index (χ1v) is 14.1. The van der Waals surface area contributed by atoms with Crippen LogP contribution in [0.2, 0.25) is 0 Å². The summed E-state index contributed by atoms with van der Waals surface area (Å²) in [6.07, 6.45) is 0.433. The van der Waals surface area contributed by atoms with Crippen LogP contribution in [0, 0.1) is 6.92 Å². The van der Waals surface area contributed by atoms with Gasteiger partial charge in [-0.15, -0.1) is 34.0 Å². The number of hydrogen-bond acceptors (Lipinski definition) is 9. The summed E-state index contributed by atoms with van der Waals surface area (Å²) < 4.78 is 0. The van der Waals surface area contributed by atoms with Crippen molar-refractivity contribution in [3.8, 4) is 40.4 Å². The number of hydrogen-bond donors (Lipinski definition) is 2. The maximum absolute atomic E-state index is 11.6. The van der Waals surface area contributed by atoms with Gasteiger partial charge in [-0.25, -0.2) is 4.79 Å². The number of aromatic carboxylic acids is 1. The number of carboxylic acids is 2. The lowest BCUT2D eigenvalue weighted by Crippen LogP contribution is -1.99. The number of carboxylic acid groups (broad SMARTS) is 2. The molecule has 0 fully saturated rings. The van der Waals surface area contributed by atoms with Crippen molar-refractivity contribution in [2.45, 2.75) is 13.3 Å². The standard InChI is InChI=1S/C28H20O4S3.2CO2/c1-16-13-23(17-5-3-2-4-6-17)34-26(16)21-11-12-22(33-21)27-20(15-25(29)30)14-24(35-27)18-7-9-19(10-8-18)28(31)32;2*2-1-3/h2-14H,15H2,1H3,(H,29,30)(H,31,32);;. The Morgan fingerprint density at radius 1 is 0.659 bits per heavy atom. The van der Waals surface area contributed by atoms with Gasteiger partial charge in [-0.2, -0.15) is 19.2 Å². The van der Waals surface area contributed by atoms with Crippen LogP contribution >= 0.6 is 34.0 Å². The van der Waals surface area contributed by atoms with Crippen LogP contribution in [0.1, 0.15) is 21.5 Å². The van der Waals surface area contributed by atoms with Gasteiger partial charge < -0.3 is 10.2 Å². The van der Waals surface area contributed by atoms with E-state index in [1.165, 1.54) is 32.2 Å². The second-order valence-corrected chi connectivity index (χ2v) is 11.4. The molecule has 0 saturated heterocycles. The lowest BCUT2D eigenvalue weighted by molar-refractivity contribution is -0.193. The van der Waals surface area contributed by atoms with E-state index in [1.807, 2.05) is 24.3 Å². The third-order valence-corrected chi connectivity index (χ3v) is 9.55. The molecule has 41 heavy (non-hydrogen) atoms. The molecule has 206 valence electrons. The Balaban J connectivity index is 0.000000710. The minimum absolute atomic E-state index is 0.0670. The van der Waals surface area contributed by atoms with Crippen molar-refractivity contribution >= 4 is 58.3 Å². The van der Waals surface area contributed by atoms with E-state index in [9.17, 15) is 14.7 Å². The largest absolute Gasteiger partial charge is 0.481 e. The van der Waals surface area contributed by atoms with Gasteiger partial charge in [0.1, 0.15) is 0 Å². The second-order valence-electron chi connectivity index (χ2n) is 8.24. The lowest BCUT2D eigenvalue weighted by atomic mass is 10.1. The molecule has 0 amide bonds. The van der Waals surface area contributed by atoms with Crippen molar-refractivity contribution in [1.29, 1.82) is 0 Å². The summed E-state index contributed by atoms with van der Waals surface area (Å²) >= 11 is 4.97. The van der Waals surface area contributed by atoms with E-state index in [0.717, 1.165) is 30.6 Å². The van der Waals surface area contributed by atoms with Gasteiger partial charge in [0.25, 0.3) is 0 Å². The molecule has 0 bridgehead atoms. The SMILES string of the molecule is Cc1cc(-c2ccccc2)sc1-c1ccc(-c2sc(-c3ccc(C(=O)O)cc3)cc2CC(=O)O)s1.O=C=O.O=C=O. The van der Waals surface area contributed by atoms with E-state index in [1.54, 1.807) is 46.9 Å². The molecule has 5 rings (SSSR count). The molecule has 3 aromatic heterocycles. The van der Waals surface area contributed by atoms with Gasteiger partial charge >= 0.3 is 24.2 Å².